The summed E-state index contributed by atoms with van der Waals surface area (Å²) >= 11 is 1.25. The first-order valence-corrected chi connectivity index (χ1v) is 9.89. The second-order valence-corrected chi connectivity index (χ2v) is 7.80. The van der Waals surface area contributed by atoms with Crippen molar-refractivity contribution in [2.24, 2.45) is 0 Å². The average molecular weight is 374 g/mol. The molecule has 8 nitrogen and oxygen atoms in total. The predicted molar refractivity (Wildman–Crippen MR) is 97.1 cm³/mol. The lowest BCUT2D eigenvalue weighted by molar-refractivity contribution is -0.114. The highest BCUT2D eigenvalue weighted by atomic mass is 32.1. The van der Waals surface area contributed by atoms with Gasteiger partial charge in [0.05, 0.1) is 6.04 Å². The Morgan fingerprint density at radius 1 is 1.19 bits per heavy atom. The molecule has 0 aromatic carbocycles. The number of nitrogens with one attached hydrogen (secondary N) is 1. The Balaban J connectivity index is 1.53. The molecule has 0 radical (unpaired) electrons. The van der Waals surface area contributed by atoms with Crippen LogP contribution < -0.4 is 5.32 Å². The first-order chi connectivity index (χ1) is 12.5. The first kappa shape index (κ1) is 17.1. The van der Waals surface area contributed by atoms with E-state index in [1.165, 1.54) is 43.9 Å². The maximum atomic E-state index is 12.9. The van der Waals surface area contributed by atoms with Crippen LogP contribution in [0.1, 0.15) is 73.6 Å². The number of hydrogen-bond donors (Lipinski definition) is 1. The van der Waals surface area contributed by atoms with Gasteiger partial charge in [0.2, 0.25) is 5.91 Å². The molecule has 2 aliphatic rings. The molecule has 2 aromatic heterocycles. The molecule has 138 valence electrons. The molecule has 0 saturated heterocycles. The largest absolute Gasteiger partial charge is 0.326 e. The molecule has 1 aliphatic carbocycles. The minimum atomic E-state index is -0.197. The molecular weight excluding hydrogens is 352 g/mol. The predicted octanol–water partition coefficient (Wildman–Crippen LogP) is 2.57. The van der Waals surface area contributed by atoms with Gasteiger partial charge in [-0.2, -0.15) is 0 Å². The molecule has 2 aromatic rings. The van der Waals surface area contributed by atoms with Crippen LogP contribution in [0, 0.1) is 0 Å². The molecule has 4 rings (SSSR count). The van der Waals surface area contributed by atoms with Crippen molar-refractivity contribution in [3.05, 3.63) is 22.7 Å². The molecule has 1 fully saturated rings. The van der Waals surface area contributed by atoms with Gasteiger partial charge >= 0.3 is 0 Å². The lowest BCUT2D eigenvalue weighted by Crippen LogP contribution is -2.41. The van der Waals surface area contributed by atoms with Gasteiger partial charge in [0.15, 0.2) is 11.0 Å². The van der Waals surface area contributed by atoms with Gasteiger partial charge in [0, 0.05) is 31.3 Å². The normalized spacial score (nSPS) is 20.2. The summed E-state index contributed by atoms with van der Waals surface area (Å²) in [5.74, 6) is 2.10. The molecule has 26 heavy (non-hydrogen) atoms. The van der Waals surface area contributed by atoms with E-state index in [0.717, 1.165) is 11.6 Å². The zero-order chi connectivity index (χ0) is 18.3. The minimum absolute atomic E-state index is 0.137. The molecule has 9 heteroatoms. The Morgan fingerprint density at radius 2 is 1.92 bits per heavy atom. The second kappa shape index (κ2) is 6.79. The highest BCUT2D eigenvalue weighted by Gasteiger charge is 2.34. The van der Waals surface area contributed by atoms with Gasteiger partial charge in [-0.1, -0.05) is 12.8 Å². The van der Waals surface area contributed by atoms with Crippen molar-refractivity contribution in [2.75, 3.05) is 11.9 Å². The Labute approximate surface area is 155 Å². The number of carbonyl (C=O) groups is 2. The van der Waals surface area contributed by atoms with E-state index in [-0.39, 0.29) is 17.9 Å². The maximum Gasteiger partial charge on any atom is 0.274 e. The number of fused-ring (bicyclic) bond motifs is 1. The quantitative estimate of drug-likeness (QED) is 0.891. The third kappa shape index (κ3) is 3.00. The number of nitrogens with zero attached hydrogens (tertiary/aromatic N) is 5. The summed E-state index contributed by atoms with van der Waals surface area (Å²) < 4.78 is 2.20. The van der Waals surface area contributed by atoms with Crippen LogP contribution in [0.3, 0.4) is 0 Å². The third-order valence-electron chi connectivity index (χ3n) is 5.20. The number of aromatic nitrogens is 4. The smallest absolute Gasteiger partial charge is 0.274 e. The number of hydrogen-bond acceptors (Lipinski definition) is 6. The molecule has 1 atom stereocenters. The zero-order valence-corrected chi connectivity index (χ0v) is 15.8. The van der Waals surface area contributed by atoms with E-state index in [1.807, 2.05) is 6.92 Å². The molecule has 1 unspecified atom stereocenters. The van der Waals surface area contributed by atoms with E-state index >= 15 is 0 Å². The summed E-state index contributed by atoms with van der Waals surface area (Å²) in [6.45, 7) is 4.73. The number of amides is 2. The molecule has 1 N–H and O–H groups in total. The van der Waals surface area contributed by atoms with Crippen molar-refractivity contribution in [3.63, 3.8) is 0 Å². The van der Waals surface area contributed by atoms with E-state index in [1.54, 1.807) is 10.3 Å². The summed E-state index contributed by atoms with van der Waals surface area (Å²) in [5, 5.41) is 13.6. The van der Waals surface area contributed by atoms with Crippen LogP contribution in [0.5, 0.6) is 0 Å². The molecule has 0 bridgehead atoms. The van der Waals surface area contributed by atoms with Crippen molar-refractivity contribution < 1.29 is 9.59 Å². The standard InChI is InChI=1S/C17H22N6O2S/c1-10-14-20-21-15(12-5-3-4-6-12)23(14)8-7-22(10)16(25)13-9-26-17(19-13)18-11(2)24/h9-10,12H,3-8H2,1-2H3,(H,18,19,24). The molecule has 2 amide bonds. The summed E-state index contributed by atoms with van der Waals surface area (Å²) in [6, 6.07) is -0.148. The summed E-state index contributed by atoms with van der Waals surface area (Å²) in [6.07, 6.45) is 4.88. The van der Waals surface area contributed by atoms with E-state index in [2.05, 4.69) is 25.1 Å². The number of carbonyl (C=O) groups excluding carboxylic acids is 2. The van der Waals surface area contributed by atoms with Crippen molar-refractivity contribution in [1.29, 1.82) is 0 Å². The van der Waals surface area contributed by atoms with Crippen molar-refractivity contribution in [1.82, 2.24) is 24.6 Å². The Kier molecular flexibility index (Phi) is 4.47. The van der Waals surface area contributed by atoms with E-state index in [0.29, 0.717) is 29.8 Å². The van der Waals surface area contributed by atoms with Crippen LogP contribution in [-0.4, -0.2) is 43.0 Å². The molecule has 1 aliphatic heterocycles. The zero-order valence-electron chi connectivity index (χ0n) is 14.9. The highest BCUT2D eigenvalue weighted by molar-refractivity contribution is 7.14. The van der Waals surface area contributed by atoms with Gasteiger partial charge < -0.3 is 14.8 Å². The first-order valence-electron chi connectivity index (χ1n) is 9.01. The van der Waals surface area contributed by atoms with Crippen molar-refractivity contribution in [3.8, 4) is 0 Å². The fraction of sp³-hybridized carbons (Fsp3) is 0.588. The van der Waals surface area contributed by atoms with Crippen LogP contribution in [0.2, 0.25) is 0 Å². The van der Waals surface area contributed by atoms with Crippen molar-refractivity contribution >= 4 is 28.3 Å². The topological polar surface area (TPSA) is 93.0 Å². The van der Waals surface area contributed by atoms with Gasteiger partial charge in [-0.05, 0) is 19.8 Å². The van der Waals surface area contributed by atoms with Gasteiger partial charge in [-0.3, -0.25) is 9.59 Å². The van der Waals surface area contributed by atoms with Crippen LogP contribution in [0.4, 0.5) is 5.13 Å². The molecular formula is C17H22N6O2S. The molecule has 0 spiro atoms. The SMILES string of the molecule is CC(=O)Nc1nc(C(=O)N2CCn3c(C4CCCC4)nnc3C2C)cs1. The number of anilines is 1. The molecule has 3 heterocycles. The average Bonchev–Trinajstić information content (AvgIpc) is 3.34. The van der Waals surface area contributed by atoms with Crippen LogP contribution in [0.15, 0.2) is 5.38 Å². The number of rotatable bonds is 3. The fourth-order valence-electron chi connectivity index (χ4n) is 3.90. The monoisotopic (exact) mass is 374 g/mol. The number of thiazole rings is 1. The van der Waals surface area contributed by atoms with Crippen LogP contribution in [0.25, 0.3) is 0 Å². The van der Waals surface area contributed by atoms with Gasteiger partial charge in [0.1, 0.15) is 11.5 Å². The maximum absolute atomic E-state index is 12.9. The van der Waals surface area contributed by atoms with E-state index in [4.69, 9.17) is 0 Å². The van der Waals surface area contributed by atoms with E-state index < -0.39 is 0 Å². The van der Waals surface area contributed by atoms with Crippen LogP contribution in [-0.2, 0) is 11.3 Å². The second-order valence-electron chi connectivity index (χ2n) is 6.94. The van der Waals surface area contributed by atoms with Crippen LogP contribution >= 0.6 is 11.3 Å². The van der Waals surface area contributed by atoms with Crippen molar-refractivity contribution in [2.45, 2.75) is 58.0 Å². The van der Waals surface area contributed by atoms with E-state index in [9.17, 15) is 9.59 Å². The third-order valence-corrected chi connectivity index (χ3v) is 5.96. The Morgan fingerprint density at radius 3 is 2.65 bits per heavy atom. The minimum Gasteiger partial charge on any atom is -0.326 e. The molecule has 1 saturated carbocycles. The Hall–Kier alpha value is -2.29. The fourth-order valence-corrected chi connectivity index (χ4v) is 4.63. The lowest BCUT2D eigenvalue weighted by Gasteiger charge is -2.33. The van der Waals surface area contributed by atoms with Gasteiger partial charge in [-0.25, -0.2) is 4.98 Å². The Bertz CT molecular complexity index is 838. The summed E-state index contributed by atoms with van der Waals surface area (Å²) in [4.78, 5) is 30.0. The lowest BCUT2D eigenvalue weighted by atomic mass is 10.1. The summed E-state index contributed by atoms with van der Waals surface area (Å²) in [7, 11) is 0. The summed E-state index contributed by atoms with van der Waals surface area (Å²) in [5.41, 5.74) is 0.356. The highest BCUT2D eigenvalue weighted by Crippen LogP contribution is 2.36. The van der Waals surface area contributed by atoms with Gasteiger partial charge in [-0.15, -0.1) is 21.5 Å². The van der Waals surface area contributed by atoms with Gasteiger partial charge in [0.25, 0.3) is 5.91 Å².